The predicted octanol–water partition coefficient (Wildman–Crippen LogP) is 3.98. The second kappa shape index (κ2) is 9.53. The first kappa shape index (κ1) is 20.1. The topological polar surface area (TPSA) is 96.4 Å². The van der Waals surface area contributed by atoms with Gasteiger partial charge in [0.1, 0.15) is 5.52 Å². The summed E-state index contributed by atoms with van der Waals surface area (Å²) in [5, 5.41) is 9.28. The van der Waals surface area contributed by atoms with E-state index < -0.39 is 18.5 Å². The maximum atomic E-state index is 12.5. The number of hydrogen-bond donors (Lipinski definition) is 0. The maximum Gasteiger partial charge on any atom is 0.331 e. The molecule has 8 heteroatoms. The van der Waals surface area contributed by atoms with Crippen molar-refractivity contribution in [2.75, 3.05) is 18.1 Å². The van der Waals surface area contributed by atoms with Gasteiger partial charge in [-0.2, -0.15) is 5.26 Å². The number of hydrogen-bond acceptors (Lipinski definition) is 6. The number of fused-ring (bicyclic) bond motifs is 1. The Labute approximate surface area is 171 Å². The summed E-state index contributed by atoms with van der Waals surface area (Å²) in [7, 11) is 0. The average molecular weight is 410 g/mol. The summed E-state index contributed by atoms with van der Waals surface area (Å²) in [4.78, 5) is 30.0. The number of esters is 1. The smallest absolute Gasteiger partial charge is 0.331 e. The summed E-state index contributed by atoms with van der Waals surface area (Å²) in [6, 6.07) is 15.9. The quantitative estimate of drug-likeness (QED) is 0.432. The van der Waals surface area contributed by atoms with E-state index in [0.717, 1.165) is 6.08 Å². The van der Waals surface area contributed by atoms with Crippen LogP contribution >= 0.6 is 11.6 Å². The van der Waals surface area contributed by atoms with Gasteiger partial charge in [0.15, 0.2) is 12.2 Å². The van der Waals surface area contributed by atoms with Crippen molar-refractivity contribution >= 4 is 46.3 Å². The number of para-hydroxylation sites is 2. The van der Waals surface area contributed by atoms with Gasteiger partial charge in [0, 0.05) is 29.4 Å². The highest BCUT2D eigenvalue weighted by Crippen LogP contribution is 2.20. The van der Waals surface area contributed by atoms with Gasteiger partial charge in [-0.15, -0.1) is 0 Å². The molecule has 1 heterocycles. The molecule has 0 aliphatic carbocycles. The molecule has 0 fully saturated rings. The van der Waals surface area contributed by atoms with Gasteiger partial charge in [-0.05, 0) is 30.3 Å². The summed E-state index contributed by atoms with van der Waals surface area (Å²) in [5.41, 5.74) is 1.80. The Bertz CT molecular complexity index is 1070. The monoisotopic (exact) mass is 409 g/mol. The van der Waals surface area contributed by atoms with Gasteiger partial charge in [0.2, 0.25) is 5.89 Å². The molecule has 0 aliphatic heterocycles. The third-order valence-electron chi connectivity index (χ3n) is 3.88. The molecule has 0 spiro atoms. The molecule has 1 aromatic heterocycles. The van der Waals surface area contributed by atoms with Crippen LogP contribution in [0.15, 0.2) is 59.0 Å². The molecular formula is C21H16ClN3O4. The number of rotatable bonds is 7. The molecular weight excluding hydrogens is 394 g/mol. The number of anilines is 1. The fraction of sp³-hybridized carbons (Fsp3) is 0.143. The molecule has 0 unspecified atom stereocenters. The summed E-state index contributed by atoms with van der Waals surface area (Å²) >= 11 is 5.97. The summed E-state index contributed by atoms with van der Waals surface area (Å²) in [6.45, 7) is -0.319. The van der Waals surface area contributed by atoms with Crippen molar-refractivity contribution in [3.63, 3.8) is 0 Å². The maximum absolute atomic E-state index is 12.5. The average Bonchev–Trinajstić information content (AvgIpc) is 3.14. The van der Waals surface area contributed by atoms with E-state index in [2.05, 4.69) is 4.98 Å². The minimum atomic E-state index is -0.716. The normalized spacial score (nSPS) is 10.8. The van der Waals surface area contributed by atoms with Crippen LogP contribution in [0, 0.1) is 11.3 Å². The molecule has 0 radical (unpaired) electrons. The van der Waals surface area contributed by atoms with Crippen LogP contribution in [0.1, 0.15) is 12.3 Å². The van der Waals surface area contributed by atoms with Crippen molar-refractivity contribution in [3.05, 3.63) is 65.5 Å². The second-order valence-corrected chi connectivity index (χ2v) is 6.33. The Morgan fingerprint density at radius 1 is 1.24 bits per heavy atom. The number of nitriles is 1. The Morgan fingerprint density at radius 3 is 2.83 bits per heavy atom. The molecule has 0 atom stereocenters. The van der Waals surface area contributed by atoms with Gasteiger partial charge < -0.3 is 14.1 Å². The van der Waals surface area contributed by atoms with Crippen molar-refractivity contribution in [2.45, 2.75) is 6.42 Å². The van der Waals surface area contributed by atoms with E-state index in [-0.39, 0.29) is 18.9 Å². The van der Waals surface area contributed by atoms with E-state index >= 15 is 0 Å². The number of benzene rings is 2. The number of oxazole rings is 1. The lowest BCUT2D eigenvalue weighted by Gasteiger charge is -2.21. The fourth-order valence-corrected chi connectivity index (χ4v) is 2.75. The Balaban J connectivity index is 1.61. The predicted molar refractivity (Wildman–Crippen MR) is 108 cm³/mol. The summed E-state index contributed by atoms with van der Waals surface area (Å²) in [6.07, 6.45) is 2.64. The van der Waals surface area contributed by atoms with Crippen molar-refractivity contribution < 1.29 is 18.7 Å². The molecule has 7 nitrogen and oxygen atoms in total. The van der Waals surface area contributed by atoms with Gasteiger partial charge >= 0.3 is 5.97 Å². The Hall–Kier alpha value is -3.63. The molecule has 1 amide bonds. The Kier molecular flexibility index (Phi) is 6.61. The SMILES string of the molecule is N#CCCN(C(=O)COC(=O)/C=C\c1nc2ccccc2o1)c1cccc(Cl)c1. The van der Waals surface area contributed by atoms with Crippen molar-refractivity contribution in [2.24, 2.45) is 0 Å². The summed E-state index contributed by atoms with van der Waals surface area (Å²) < 4.78 is 10.5. The van der Waals surface area contributed by atoms with Crippen LogP contribution in [0.5, 0.6) is 0 Å². The number of ether oxygens (including phenoxy) is 1. The highest BCUT2D eigenvalue weighted by atomic mass is 35.5. The van der Waals surface area contributed by atoms with Crippen molar-refractivity contribution in [3.8, 4) is 6.07 Å². The van der Waals surface area contributed by atoms with Crippen LogP contribution in [0.2, 0.25) is 5.02 Å². The van der Waals surface area contributed by atoms with E-state index in [1.807, 2.05) is 18.2 Å². The first-order valence-electron chi connectivity index (χ1n) is 8.70. The van der Waals surface area contributed by atoms with E-state index in [4.69, 9.17) is 26.0 Å². The lowest BCUT2D eigenvalue weighted by Crippen LogP contribution is -2.35. The number of aromatic nitrogens is 1. The highest BCUT2D eigenvalue weighted by molar-refractivity contribution is 6.30. The number of carbonyl (C=O) groups excluding carboxylic acids is 2. The van der Waals surface area contributed by atoms with Gasteiger partial charge in [-0.3, -0.25) is 4.79 Å². The molecule has 146 valence electrons. The number of amides is 1. The molecule has 3 aromatic rings. The molecule has 29 heavy (non-hydrogen) atoms. The lowest BCUT2D eigenvalue weighted by atomic mass is 10.2. The van der Waals surface area contributed by atoms with E-state index in [1.54, 1.807) is 36.4 Å². The van der Waals surface area contributed by atoms with Gasteiger partial charge in [-0.25, -0.2) is 9.78 Å². The minimum Gasteiger partial charge on any atom is -0.452 e. The van der Waals surface area contributed by atoms with E-state index in [0.29, 0.717) is 21.8 Å². The number of carbonyl (C=O) groups is 2. The summed E-state index contributed by atoms with van der Waals surface area (Å²) in [5.74, 6) is -0.929. The molecule has 0 N–H and O–H groups in total. The fourth-order valence-electron chi connectivity index (χ4n) is 2.56. The standard InChI is InChI=1S/C21H16ClN3O4/c22-15-5-3-6-16(13-15)25(12-4-11-23)20(26)14-28-21(27)10-9-19-24-17-7-1-2-8-18(17)29-19/h1-3,5-10,13H,4,12,14H2/b10-9-. The van der Waals surface area contributed by atoms with E-state index in [9.17, 15) is 9.59 Å². The zero-order valence-corrected chi connectivity index (χ0v) is 16.0. The zero-order chi connectivity index (χ0) is 20.6. The highest BCUT2D eigenvalue weighted by Gasteiger charge is 2.17. The first-order chi connectivity index (χ1) is 14.1. The minimum absolute atomic E-state index is 0.129. The van der Waals surface area contributed by atoms with Crippen LogP contribution in [-0.4, -0.2) is 30.0 Å². The van der Waals surface area contributed by atoms with Crippen LogP contribution in [-0.2, 0) is 14.3 Å². The van der Waals surface area contributed by atoms with Crippen LogP contribution in [0.3, 0.4) is 0 Å². The van der Waals surface area contributed by atoms with Gasteiger partial charge in [-0.1, -0.05) is 29.8 Å². The lowest BCUT2D eigenvalue weighted by molar-refractivity contribution is -0.142. The van der Waals surface area contributed by atoms with Crippen LogP contribution < -0.4 is 4.90 Å². The molecule has 0 saturated carbocycles. The third kappa shape index (κ3) is 5.43. The molecule has 0 bridgehead atoms. The van der Waals surface area contributed by atoms with E-state index in [1.165, 1.54) is 11.0 Å². The van der Waals surface area contributed by atoms with Crippen LogP contribution in [0.25, 0.3) is 17.2 Å². The molecule has 3 rings (SSSR count). The van der Waals surface area contributed by atoms with Gasteiger partial charge in [0.05, 0.1) is 12.5 Å². The van der Waals surface area contributed by atoms with Crippen molar-refractivity contribution in [1.82, 2.24) is 4.98 Å². The number of nitrogens with zero attached hydrogens (tertiary/aromatic N) is 3. The Morgan fingerprint density at radius 2 is 2.07 bits per heavy atom. The van der Waals surface area contributed by atoms with Crippen molar-refractivity contribution in [1.29, 1.82) is 5.26 Å². The molecule has 2 aromatic carbocycles. The molecule has 0 saturated heterocycles. The van der Waals surface area contributed by atoms with Gasteiger partial charge in [0.25, 0.3) is 5.91 Å². The third-order valence-corrected chi connectivity index (χ3v) is 4.11. The second-order valence-electron chi connectivity index (χ2n) is 5.89. The molecule has 0 aliphatic rings. The number of halogens is 1. The van der Waals surface area contributed by atoms with Crippen LogP contribution in [0.4, 0.5) is 5.69 Å². The largest absolute Gasteiger partial charge is 0.452 e. The zero-order valence-electron chi connectivity index (χ0n) is 15.2. The first-order valence-corrected chi connectivity index (χ1v) is 9.08.